The second-order valence-electron chi connectivity index (χ2n) is 11.2. The van der Waals surface area contributed by atoms with Crippen molar-refractivity contribution >= 4 is 17.6 Å². The molecule has 210 valence electrons. The minimum absolute atomic E-state index is 0.103. The van der Waals surface area contributed by atoms with Crippen LogP contribution in [0.1, 0.15) is 66.8 Å². The quantitative estimate of drug-likeness (QED) is 0.307. The highest BCUT2D eigenvalue weighted by Crippen LogP contribution is 2.36. The number of likely N-dealkylation sites (tertiary alicyclic amines) is 2. The molecule has 0 spiro atoms. The van der Waals surface area contributed by atoms with E-state index in [2.05, 4.69) is 20.2 Å². The highest BCUT2D eigenvalue weighted by molar-refractivity contribution is 6.01. The van der Waals surface area contributed by atoms with E-state index in [1.807, 2.05) is 24.3 Å². The average molecular weight is 539 g/mol. The zero-order valence-electron chi connectivity index (χ0n) is 22.6. The fraction of sp³-hybridized carbons (Fsp3) is 0.679. The van der Waals surface area contributed by atoms with Crippen LogP contribution in [0.25, 0.3) is 10.4 Å². The van der Waals surface area contributed by atoms with E-state index < -0.39 is 23.7 Å². The first-order valence-electron chi connectivity index (χ1n) is 14.1. The van der Waals surface area contributed by atoms with Crippen molar-refractivity contribution in [3.8, 4) is 0 Å². The number of ketones is 1. The molecule has 0 bridgehead atoms. The van der Waals surface area contributed by atoms with E-state index in [4.69, 9.17) is 15.0 Å². The number of Topliss-reactive ketones (excluding diaryl/α,β-unsaturated/α-hetero) is 1. The number of fused-ring (bicyclic) bond motifs is 1. The van der Waals surface area contributed by atoms with Crippen LogP contribution in [0.5, 0.6) is 0 Å². The lowest BCUT2D eigenvalue weighted by Crippen LogP contribution is -2.62. The lowest BCUT2D eigenvalue weighted by Gasteiger charge is -2.40. The molecule has 1 aliphatic carbocycles. The SMILES string of the molecule is COCCN1CCC(c2ccc(C(=O)NC3(C(=O)N4C[C@@H](N=[N+]=[N-])[C@H]5OCC(=O)[C@H]54)CCCCC3)cc2)CC1. The Kier molecular flexibility index (Phi) is 8.52. The molecule has 39 heavy (non-hydrogen) atoms. The molecule has 4 fully saturated rings. The molecule has 0 unspecified atom stereocenters. The first kappa shape index (κ1) is 27.6. The molecule has 3 saturated heterocycles. The summed E-state index contributed by atoms with van der Waals surface area (Å²) in [6.07, 6.45) is 5.13. The van der Waals surface area contributed by atoms with Crippen LogP contribution in [0.2, 0.25) is 0 Å². The molecule has 0 radical (unpaired) electrons. The number of benzene rings is 1. The Bertz CT molecular complexity index is 1110. The van der Waals surface area contributed by atoms with Gasteiger partial charge in [-0.15, -0.1) is 0 Å². The number of piperidine rings is 1. The van der Waals surface area contributed by atoms with Gasteiger partial charge < -0.3 is 24.6 Å². The number of methoxy groups -OCH3 is 1. The highest BCUT2D eigenvalue weighted by Gasteiger charge is 2.56. The van der Waals surface area contributed by atoms with Crippen molar-refractivity contribution in [1.82, 2.24) is 15.1 Å². The van der Waals surface area contributed by atoms with Crippen molar-refractivity contribution in [2.75, 3.05) is 46.5 Å². The molecular formula is C28H38N6O5. The molecule has 11 heteroatoms. The number of nitrogens with zero attached hydrogens (tertiary/aromatic N) is 5. The van der Waals surface area contributed by atoms with Crippen LogP contribution in [0.4, 0.5) is 0 Å². The third kappa shape index (κ3) is 5.68. The highest BCUT2D eigenvalue weighted by atomic mass is 16.5. The van der Waals surface area contributed by atoms with Crippen molar-refractivity contribution in [2.24, 2.45) is 5.11 Å². The van der Waals surface area contributed by atoms with Crippen LogP contribution in [-0.2, 0) is 19.1 Å². The summed E-state index contributed by atoms with van der Waals surface area (Å²) in [5.41, 5.74) is 9.63. The Labute approximate surface area is 228 Å². The maximum Gasteiger partial charge on any atom is 0.252 e. The van der Waals surface area contributed by atoms with Gasteiger partial charge in [0, 0.05) is 30.7 Å². The summed E-state index contributed by atoms with van der Waals surface area (Å²) in [5, 5.41) is 6.87. The van der Waals surface area contributed by atoms with E-state index in [0.29, 0.717) is 24.3 Å². The van der Waals surface area contributed by atoms with E-state index in [0.717, 1.165) is 58.3 Å². The topological polar surface area (TPSA) is 137 Å². The van der Waals surface area contributed by atoms with E-state index in [-0.39, 0.29) is 30.7 Å². The number of hydrogen-bond acceptors (Lipinski definition) is 7. The zero-order chi connectivity index (χ0) is 27.4. The van der Waals surface area contributed by atoms with Gasteiger partial charge >= 0.3 is 0 Å². The summed E-state index contributed by atoms with van der Waals surface area (Å²) in [6.45, 7) is 3.78. The number of rotatable bonds is 8. The van der Waals surface area contributed by atoms with Gasteiger partial charge in [0.25, 0.3) is 5.91 Å². The number of carbonyl (C=O) groups is 3. The molecule has 3 heterocycles. The largest absolute Gasteiger partial charge is 0.383 e. The normalized spacial score (nSPS) is 27.2. The summed E-state index contributed by atoms with van der Waals surface area (Å²) >= 11 is 0. The van der Waals surface area contributed by atoms with Gasteiger partial charge in [0.1, 0.15) is 18.2 Å². The Hall–Kier alpha value is -2.98. The maximum atomic E-state index is 14.0. The summed E-state index contributed by atoms with van der Waals surface area (Å²) in [4.78, 5) is 46.9. The minimum atomic E-state index is -1.10. The Balaban J connectivity index is 1.28. The van der Waals surface area contributed by atoms with E-state index >= 15 is 0 Å². The standard InChI is InChI=1S/C28H38N6O5/c1-38-16-15-33-13-9-20(10-14-33)19-5-7-21(8-6-19)26(36)30-28(11-3-2-4-12-28)27(37)34-17-22(31-32-29)25-24(34)23(35)18-39-25/h5-8,20,22,24-25H,2-4,9-18H2,1H3,(H,30,36)/t22-,24-,25-/m1/s1. The molecule has 2 amide bonds. The van der Waals surface area contributed by atoms with Crippen LogP contribution in [0, 0.1) is 0 Å². The maximum absolute atomic E-state index is 14.0. The zero-order valence-corrected chi connectivity index (χ0v) is 22.6. The first-order chi connectivity index (χ1) is 19.0. The monoisotopic (exact) mass is 538 g/mol. The Morgan fingerprint density at radius 1 is 1.18 bits per heavy atom. The molecule has 3 atom stereocenters. The number of azide groups is 1. The van der Waals surface area contributed by atoms with Crippen LogP contribution in [-0.4, -0.2) is 97.6 Å². The predicted octanol–water partition coefficient (Wildman–Crippen LogP) is 2.80. The third-order valence-corrected chi connectivity index (χ3v) is 8.93. The van der Waals surface area contributed by atoms with Gasteiger partial charge in [-0.1, -0.05) is 36.5 Å². The van der Waals surface area contributed by atoms with Gasteiger partial charge in [-0.25, -0.2) is 0 Å². The Morgan fingerprint density at radius 3 is 2.56 bits per heavy atom. The number of carbonyl (C=O) groups excluding carboxylic acids is 3. The molecule has 1 aromatic rings. The van der Waals surface area contributed by atoms with Gasteiger partial charge in [0.2, 0.25) is 5.91 Å². The molecule has 0 aromatic heterocycles. The van der Waals surface area contributed by atoms with Crippen molar-refractivity contribution < 1.29 is 23.9 Å². The van der Waals surface area contributed by atoms with Gasteiger partial charge in [-0.3, -0.25) is 14.4 Å². The third-order valence-electron chi connectivity index (χ3n) is 8.93. The van der Waals surface area contributed by atoms with E-state index in [9.17, 15) is 14.4 Å². The lowest BCUT2D eigenvalue weighted by molar-refractivity contribution is -0.143. The van der Waals surface area contributed by atoms with Crippen molar-refractivity contribution in [3.63, 3.8) is 0 Å². The van der Waals surface area contributed by atoms with Gasteiger partial charge in [-0.2, -0.15) is 0 Å². The summed E-state index contributed by atoms with van der Waals surface area (Å²) in [5.74, 6) is -0.300. The smallest absolute Gasteiger partial charge is 0.252 e. The summed E-state index contributed by atoms with van der Waals surface area (Å²) < 4.78 is 10.8. The van der Waals surface area contributed by atoms with Crippen LogP contribution < -0.4 is 5.32 Å². The van der Waals surface area contributed by atoms with Crippen LogP contribution in [0.3, 0.4) is 0 Å². The van der Waals surface area contributed by atoms with Gasteiger partial charge in [-0.05, 0) is 67.9 Å². The van der Waals surface area contributed by atoms with Crippen LogP contribution >= 0.6 is 0 Å². The fourth-order valence-electron chi connectivity index (χ4n) is 6.74. The lowest BCUT2D eigenvalue weighted by atomic mass is 9.80. The van der Waals surface area contributed by atoms with Crippen LogP contribution in [0.15, 0.2) is 29.4 Å². The van der Waals surface area contributed by atoms with Crippen molar-refractivity contribution in [1.29, 1.82) is 0 Å². The molecule has 3 aliphatic heterocycles. The summed E-state index contributed by atoms with van der Waals surface area (Å²) in [7, 11) is 1.73. The second-order valence-corrected chi connectivity index (χ2v) is 11.2. The molecule has 4 aliphatic rings. The number of nitrogens with one attached hydrogen (secondary N) is 1. The van der Waals surface area contributed by atoms with E-state index in [1.165, 1.54) is 10.5 Å². The average Bonchev–Trinajstić information content (AvgIpc) is 3.53. The summed E-state index contributed by atoms with van der Waals surface area (Å²) in [6, 6.07) is 6.37. The molecule has 1 aromatic carbocycles. The van der Waals surface area contributed by atoms with Gasteiger partial charge in [0.05, 0.1) is 18.8 Å². The molecule has 1 saturated carbocycles. The number of hydrogen-bond donors (Lipinski definition) is 1. The number of ether oxygens (including phenoxy) is 2. The molecule has 11 nitrogen and oxygen atoms in total. The predicted molar refractivity (Wildman–Crippen MR) is 143 cm³/mol. The Morgan fingerprint density at radius 2 is 1.90 bits per heavy atom. The molecule has 1 N–H and O–H groups in total. The minimum Gasteiger partial charge on any atom is -0.383 e. The molecular weight excluding hydrogens is 500 g/mol. The molecule has 5 rings (SSSR count). The fourth-order valence-corrected chi connectivity index (χ4v) is 6.74. The first-order valence-corrected chi connectivity index (χ1v) is 14.1. The van der Waals surface area contributed by atoms with Crippen molar-refractivity contribution in [3.05, 3.63) is 45.8 Å². The van der Waals surface area contributed by atoms with E-state index in [1.54, 1.807) is 7.11 Å². The number of amides is 2. The van der Waals surface area contributed by atoms with Gasteiger partial charge in [0.15, 0.2) is 5.78 Å². The van der Waals surface area contributed by atoms with Crippen molar-refractivity contribution in [2.45, 2.75) is 74.6 Å². The second kappa shape index (κ2) is 12.0.